The van der Waals surface area contributed by atoms with E-state index in [-0.39, 0.29) is 16.7 Å². The summed E-state index contributed by atoms with van der Waals surface area (Å²) in [7, 11) is -3.48. The van der Waals surface area contributed by atoms with E-state index in [4.69, 9.17) is 0 Å². The van der Waals surface area contributed by atoms with Crippen LogP contribution in [0.4, 0.5) is 0 Å². The van der Waals surface area contributed by atoms with Crippen molar-refractivity contribution in [3.63, 3.8) is 0 Å². The minimum atomic E-state index is -3.48. The van der Waals surface area contributed by atoms with E-state index in [0.717, 1.165) is 12.0 Å². The molecule has 1 fully saturated rings. The van der Waals surface area contributed by atoms with Gasteiger partial charge in [-0.25, -0.2) is 8.42 Å². The number of amides is 2. The topological polar surface area (TPSA) is 78.0 Å². The first-order valence-electron chi connectivity index (χ1n) is 12.0. The highest BCUT2D eigenvalue weighted by Crippen LogP contribution is 2.17. The first-order chi connectivity index (χ1) is 16.3. The van der Waals surface area contributed by atoms with Crippen LogP contribution < -0.4 is 0 Å². The van der Waals surface area contributed by atoms with E-state index in [2.05, 4.69) is 6.92 Å². The number of piperazine rings is 1. The van der Waals surface area contributed by atoms with Gasteiger partial charge in [-0.15, -0.1) is 0 Å². The lowest BCUT2D eigenvalue weighted by Gasteiger charge is -2.35. The summed E-state index contributed by atoms with van der Waals surface area (Å²) in [6, 6.07) is 14.5. The van der Waals surface area contributed by atoms with Crippen LogP contribution in [0.5, 0.6) is 0 Å². The van der Waals surface area contributed by atoms with Crippen LogP contribution in [0.2, 0.25) is 0 Å². The molecule has 7 nitrogen and oxygen atoms in total. The summed E-state index contributed by atoms with van der Waals surface area (Å²) in [5.74, 6) is 0.0637. The van der Waals surface area contributed by atoms with Crippen molar-refractivity contribution in [3.8, 4) is 0 Å². The van der Waals surface area contributed by atoms with Crippen LogP contribution in [0.3, 0.4) is 0 Å². The molecular weight excluding hydrogens is 450 g/mol. The largest absolute Gasteiger partial charge is 0.339 e. The van der Waals surface area contributed by atoms with Crippen molar-refractivity contribution in [1.82, 2.24) is 14.1 Å². The molecule has 34 heavy (non-hydrogen) atoms. The van der Waals surface area contributed by atoms with E-state index in [1.54, 1.807) is 29.2 Å². The fraction of sp³-hybridized carbons (Fsp3) is 0.462. The number of rotatable bonds is 9. The molecule has 1 saturated heterocycles. The molecule has 0 aliphatic carbocycles. The number of nitrogens with zero attached hydrogens (tertiary/aromatic N) is 3. The van der Waals surface area contributed by atoms with Gasteiger partial charge in [-0.05, 0) is 48.2 Å². The monoisotopic (exact) mass is 485 g/mol. The molecule has 0 unspecified atom stereocenters. The number of aryl methyl sites for hydroxylation is 2. The standard InChI is InChI=1S/C26H35N3O4S/c1-4-21-7-12-23(13-8-21)26(31)28-19-17-27(18-20-28)25(30)16-11-22-9-14-24(15-10-22)34(32,33)29(5-2)6-3/h7-10,12-15H,4-6,11,16-20H2,1-3H3. The van der Waals surface area contributed by atoms with E-state index in [1.165, 1.54) is 9.87 Å². The molecular formula is C26H35N3O4S. The molecule has 8 heteroatoms. The lowest BCUT2D eigenvalue weighted by atomic mass is 10.1. The molecule has 0 radical (unpaired) electrons. The predicted octanol–water partition coefficient (Wildman–Crippen LogP) is 3.20. The highest BCUT2D eigenvalue weighted by Gasteiger charge is 2.25. The number of hydrogen-bond acceptors (Lipinski definition) is 4. The van der Waals surface area contributed by atoms with E-state index >= 15 is 0 Å². The molecule has 0 saturated carbocycles. The molecule has 3 rings (SSSR count). The van der Waals surface area contributed by atoms with Gasteiger partial charge in [0.1, 0.15) is 0 Å². The predicted molar refractivity (Wildman–Crippen MR) is 133 cm³/mol. The highest BCUT2D eigenvalue weighted by atomic mass is 32.2. The van der Waals surface area contributed by atoms with Crippen LogP contribution in [-0.2, 0) is 27.7 Å². The smallest absolute Gasteiger partial charge is 0.253 e. The molecule has 0 spiro atoms. The van der Waals surface area contributed by atoms with Crippen LogP contribution in [-0.4, -0.2) is 73.6 Å². The van der Waals surface area contributed by atoms with Crippen molar-refractivity contribution in [2.75, 3.05) is 39.3 Å². The number of benzene rings is 2. The zero-order valence-corrected chi connectivity index (χ0v) is 21.2. The molecule has 2 aromatic rings. The lowest BCUT2D eigenvalue weighted by Crippen LogP contribution is -2.50. The molecule has 0 atom stereocenters. The molecule has 0 N–H and O–H groups in total. The van der Waals surface area contributed by atoms with Crippen LogP contribution in [0.25, 0.3) is 0 Å². The fourth-order valence-corrected chi connectivity index (χ4v) is 5.63. The molecule has 2 aromatic carbocycles. The Labute approximate surface area is 203 Å². The molecule has 184 valence electrons. The van der Waals surface area contributed by atoms with Crippen molar-refractivity contribution >= 4 is 21.8 Å². The van der Waals surface area contributed by atoms with Crippen molar-refractivity contribution < 1.29 is 18.0 Å². The second kappa shape index (κ2) is 11.6. The van der Waals surface area contributed by atoms with Crippen molar-refractivity contribution in [1.29, 1.82) is 0 Å². The van der Waals surface area contributed by atoms with Crippen LogP contribution >= 0.6 is 0 Å². The second-order valence-electron chi connectivity index (χ2n) is 8.46. The number of sulfonamides is 1. The summed E-state index contributed by atoms with van der Waals surface area (Å²) in [4.78, 5) is 29.3. The van der Waals surface area contributed by atoms with Gasteiger partial charge in [0.2, 0.25) is 15.9 Å². The number of hydrogen-bond donors (Lipinski definition) is 0. The van der Waals surface area contributed by atoms with Crippen molar-refractivity contribution in [3.05, 3.63) is 65.2 Å². The third-order valence-corrected chi connectivity index (χ3v) is 8.49. The van der Waals surface area contributed by atoms with Crippen LogP contribution in [0, 0.1) is 0 Å². The van der Waals surface area contributed by atoms with E-state index in [9.17, 15) is 18.0 Å². The molecule has 0 aromatic heterocycles. The summed E-state index contributed by atoms with van der Waals surface area (Å²) in [6.07, 6.45) is 1.84. The van der Waals surface area contributed by atoms with E-state index in [0.29, 0.717) is 57.7 Å². The van der Waals surface area contributed by atoms with E-state index in [1.807, 2.05) is 43.0 Å². The Balaban J connectivity index is 1.49. The van der Waals surface area contributed by atoms with Crippen LogP contribution in [0.1, 0.15) is 48.7 Å². The molecule has 0 bridgehead atoms. The van der Waals surface area contributed by atoms with Crippen molar-refractivity contribution in [2.24, 2.45) is 0 Å². The molecule has 1 heterocycles. The van der Waals surface area contributed by atoms with Crippen molar-refractivity contribution in [2.45, 2.75) is 44.9 Å². The first kappa shape index (κ1) is 25.9. The Hall–Kier alpha value is -2.71. The third-order valence-electron chi connectivity index (χ3n) is 6.42. The normalized spacial score (nSPS) is 14.5. The maximum absolute atomic E-state index is 12.7. The first-order valence-corrected chi connectivity index (χ1v) is 13.5. The van der Waals surface area contributed by atoms with Gasteiger partial charge in [0.25, 0.3) is 5.91 Å². The van der Waals surface area contributed by atoms with E-state index < -0.39 is 10.0 Å². The average Bonchev–Trinajstić information content (AvgIpc) is 2.87. The van der Waals surface area contributed by atoms with Gasteiger partial charge >= 0.3 is 0 Å². The highest BCUT2D eigenvalue weighted by molar-refractivity contribution is 7.89. The molecule has 2 amide bonds. The molecule has 1 aliphatic heterocycles. The minimum Gasteiger partial charge on any atom is -0.339 e. The minimum absolute atomic E-state index is 0.00880. The summed E-state index contributed by atoms with van der Waals surface area (Å²) in [6.45, 7) is 8.69. The van der Waals surface area contributed by atoms with Gasteiger partial charge in [-0.3, -0.25) is 9.59 Å². The average molecular weight is 486 g/mol. The summed E-state index contributed by atoms with van der Waals surface area (Å²) in [5.41, 5.74) is 2.81. The molecule has 1 aliphatic rings. The quantitative estimate of drug-likeness (QED) is 0.547. The van der Waals surface area contributed by atoms with Gasteiger partial charge < -0.3 is 9.80 Å². The lowest BCUT2D eigenvalue weighted by molar-refractivity contribution is -0.132. The Kier molecular flexibility index (Phi) is 8.85. The number of carbonyl (C=O) groups is 2. The maximum atomic E-state index is 12.7. The SMILES string of the molecule is CCc1ccc(C(=O)N2CCN(C(=O)CCc3ccc(S(=O)(=O)N(CC)CC)cc3)CC2)cc1. The Morgan fingerprint density at radius 3 is 1.85 bits per heavy atom. The summed E-state index contributed by atoms with van der Waals surface area (Å²) in [5, 5.41) is 0. The second-order valence-corrected chi connectivity index (χ2v) is 10.4. The van der Waals surface area contributed by atoms with Crippen LogP contribution in [0.15, 0.2) is 53.4 Å². The maximum Gasteiger partial charge on any atom is 0.253 e. The number of carbonyl (C=O) groups excluding carboxylic acids is 2. The van der Waals surface area contributed by atoms with Gasteiger partial charge in [-0.1, -0.05) is 45.0 Å². The van der Waals surface area contributed by atoms with Gasteiger partial charge in [-0.2, -0.15) is 4.31 Å². The van der Waals surface area contributed by atoms with Gasteiger partial charge in [0.15, 0.2) is 0 Å². The fourth-order valence-electron chi connectivity index (χ4n) is 4.17. The van der Waals surface area contributed by atoms with Gasteiger partial charge in [0, 0.05) is 51.3 Å². The Morgan fingerprint density at radius 1 is 0.794 bits per heavy atom. The third kappa shape index (κ3) is 6.04. The van der Waals surface area contributed by atoms with Gasteiger partial charge in [0.05, 0.1) is 4.90 Å². The summed E-state index contributed by atoms with van der Waals surface area (Å²) < 4.78 is 26.6. The Bertz CT molecular complexity index is 1070. The zero-order chi connectivity index (χ0) is 24.7. The zero-order valence-electron chi connectivity index (χ0n) is 20.4. The summed E-state index contributed by atoms with van der Waals surface area (Å²) >= 11 is 0. The Morgan fingerprint density at radius 2 is 1.32 bits per heavy atom.